The van der Waals surface area contributed by atoms with E-state index in [0.29, 0.717) is 29.5 Å². The normalized spacial score (nSPS) is 24.1. The number of aliphatic hydroxyl groups is 1. The number of benzene rings is 2. The Balaban J connectivity index is 1.48. The molecule has 228 valence electrons. The van der Waals surface area contributed by atoms with Crippen molar-refractivity contribution in [3.05, 3.63) is 81.9 Å². The van der Waals surface area contributed by atoms with E-state index < -0.39 is 29.7 Å². The van der Waals surface area contributed by atoms with Crippen molar-refractivity contribution < 1.29 is 23.8 Å². The predicted molar refractivity (Wildman–Crippen MR) is 167 cm³/mol. The molecule has 0 aliphatic carbocycles. The summed E-state index contributed by atoms with van der Waals surface area (Å²) in [7, 11) is 0. The van der Waals surface area contributed by atoms with Gasteiger partial charge in [-0.3, -0.25) is 9.59 Å². The van der Waals surface area contributed by atoms with E-state index in [4.69, 9.17) is 19.1 Å². The molecule has 4 bridgehead atoms. The van der Waals surface area contributed by atoms with E-state index in [2.05, 4.69) is 22.8 Å². The van der Waals surface area contributed by atoms with E-state index in [1.165, 1.54) is 11.3 Å². The van der Waals surface area contributed by atoms with Crippen molar-refractivity contribution in [2.45, 2.75) is 71.2 Å². The molecule has 2 unspecified atom stereocenters. The van der Waals surface area contributed by atoms with Gasteiger partial charge >= 0.3 is 0 Å². The second-order valence-electron chi connectivity index (χ2n) is 12.8. The molecule has 7 rings (SSSR count). The quantitative estimate of drug-likeness (QED) is 0.259. The van der Waals surface area contributed by atoms with Crippen LogP contribution in [0.1, 0.15) is 74.2 Å². The van der Waals surface area contributed by atoms with E-state index in [1.807, 2.05) is 56.5 Å². The summed E-state index contributed by atoms with van der Waals surface area (Å²) in [4.78, 5) is 37.0. The Labute approximate surface area is 260 Å². The molecule has 44 heavy (non-hydrogen) atoms. The van der Waals surface area contributed by atoms with Crippen LogP contribution in [0.2, 0.25) is 0 Å². The van der Waals surface area contributed by atoms with Gasteiger partial charge in [0.25, 0.3) is 0 Å². The van der Waals surface area contributed by atoms with Crippen molar-refractivity contribution in [1.29, 1.82) is 0 Å². The third kappa shape index (κ3) is 4.37. The van der Waals surface area contributed by atoms with Crippen molar-refractivity contribution in [3.8, 4) is 16.5 Å². The van der Waals surface area contributed by atoms with Gasteiger partial charge < -0.3 is 24.9 Å². The summed E-state index contributed by atoms with van der Waals surface area (Å²) >= 11 is 1.50. The van der Waals surface area contributed by atoms with Gasteiger partial charge in [-0.25, -0.2) is 9.97 Å². The van der Waals surface area contributed by atoms with Crippen LogP contribution in [-0.4, -0.2) is 39.1 Å². The highest BCUT2D eigenvalue weighted by Crippen LogP contribution is 2.59. The number of oxazole rings is 1. The number of thiazole rings is 1. The maximum absolute atomic E-state index is 14.0. The standard InChI is InChI=1S/C34H36N4O5S/c1-16(2)26-31-38-27(32-35-18(5)15-44-32)29(43-31)34-21-8-6-7-9-23(21)36-33(34)42-25-11-10-19(13-22(25)34)12-20(30(41)37-26)14-24(39)28(40)17(3)4/h6-11,13,15-17,20,26,28,33,36,40H,12,14H2,1-5H3,(H,37,41)/t20?,26-,28-,33-,34?/m0/s1. The number of hydrogen-bond donors (Lipinski definition) is 3. The molecule has 0 radical (unpaired) electrons. The molecule has 5 heterocycles. The first-order valence-corrected chi connectivity index (χ1v) is 16.1. The number of amides is 1. The highest BCUT2D eigenvalue weighted by Gasteiger charge is 2.61. The molecule has 1 amide bonds. The van der Waals surface area contributed by atoms with Crippen LogP contribution in [0.4, 0.5) is 5.69 Å². The second-order valence-corrected chi connectivity index (χ2v) is 13.7. The SMILES string of the molecule is Cc1csc(-c2nc3oc2C24c5ccccc5N[C@H]2Oc2ccc(cc24)CC(CC(=O)[C@@H](O)C(C)C)C(=O)N[C@H]3C(C)C)n1. The average Bonchev–Trinajstić information content (AvgIpc) is 3.75. The molecule has 5 atom stereocenters. The van der Waals surface area contributed by atoms with Crippen LogP contribution in [0.3, 0.4) is 0 Å². The van der Waals surface area contributed by atoms with Crippen LogP contribution < -0.4 is 15.4 Å². The lowest BCUT2D eigenvalue weighted by molar-refractivity contribution is -0.135. The van der Waals surface area contributed by atoms with E-state index in [-0.39, 0.29) is 29.9 Å². The zero-order chi connectivity index (χ0) is 30.9. The van der Waals surface area contributed by atoms with E-state index >= 15 is 0 Å². The summed E-state index contributed by atoms with van der Waals surface area (Å²) in [6.45, 7) is 9.55. The summed E-state index contributed by atoms with van der Waals surface area (Å²) in [6, 6.07) is 13.5. The molecule has 3 N–H and O–H groups in total. The number of Topliss-reactive ketones (excluding diaryl/α,β-unsaturated/α-hetero) is 1. The molecule has 3 aliphatic rings. The van der Waals surface area contributed by atoms with E-state index in [9.17, 15) is 14.7 Å². The van der Waals surface area contributed by atoms with E-state index in [0.717, 1.165) is 33.1 Å². The van der Waals surface area contributed by atoms with Crippen LogP contribution in [0.5, 0.6) is 5.75 Å². The number of nitrogens with zero attached hydrogens (tertiary/aromatic N) is 2. The average molecular weight is 613 g/mol. The number of anilines is 1. The van der Waals surface area contributed by atoms with Gasteiger partial charge in [-0.1, -0.05) is 58.0 Å². The Bertz CT molecular complexity index is 1780. The van der Waals surface area contributed by atoms with Gasteiger partial charge in [-0.15, -0.1) is 11.3 Å². The Morgan fingerprint density at radius 1 is 1.11 bits per heavy atom. The van der Waals surface area contributed by atoms with Crippen LogP contribution in [0.25, 0.3) is 10.7 Å². The number of aromatic nitrogens is 2. The highest BCUT2D eigenvalue weighted by molar-refractivity contribution is 7.13. The Morgan fingerprint density at radius 3 is 2.64 bits per heavy atom. The zero-order valence-electron chi connectivity index (χ0n) is 25.4. The molecule has 2 aromatic carbocycles. The Hall–Kier alpha value is -4.02. The second kappa shape index (κ2) is 10.6. The van der Waals surface area contributed by atoms with Gasteiger partial charge in [-0.2, -0.15) is 0 Å². The fraction of sp³-hybridized carbons (Fsp3) is 0.412. The summed E-state index contributed by atoms with van der Waals surface area (Å²) < 4.78 is 13.5. The van der Waals surface area contributed by atoms with Crippen molar-refractivity contribution in [2.75, 3.05) is 5.32 Å². The van der Waals surface area contributed by atoms with Gasteiger partial charge in [0, 0.05) is 34.7 Å². The molecule has 3 aliphatic heterocycles. The Morgan fingerprint density at radius 2 is 1.91 bits per heavy atom. The predicted octanol–water partition coefficient (Wildman–Crippen LogP) is 5.55. The first kappa shape index (κ1) is 28.7. The summed E-state index contributed by atoms with van der Waals surface area (Å²) in [5.41, 5.74) is 4.36. The van der Waals surface area contributed by atoms with Crippen LogP contribution in [0, 0.1) is 24.7 Å². The first-order chi connectivity index (χ1) is 21.1. The molecule has 10 heteroatoms. The maximum Gasteiger partial charge on any atom is 0.224 e. The number of fused-ring (bicyclic) bond motifs is 4. The monoisotopic (exact) mass is 612 g/mol. The Kier molecular flexibility index (Phi) is 6.89. The fourth-order valence-electron chi connectivity index (χ4n) is 6.76. The minimum absolute atomic E-state index is 0.0765. The molecule has 2 aromatic heterocycles. The van der Waals surface area contributed by atoms with Gasteiger partial charge in [0.1, 0.15) is 34.0 Å². The highest BCUT2D eigenvalue weighted by atomic mass is 32.1. The number of ketones is 1. The van der Waals surface area contributed by atoms with Crippen molar-refractivity contribution in [3.63, 3.8) is 0 Å². The van der Waals surface area contributed by atoms with Crippen molar-refractivity contribution in [1.82, 2.24) is 15.3 Å². The van der Waals surface area contributed by atoms with E-state index in [1.54, 1.807) is 13.8 Å². The largest absolute Gasteiger partial charge is 0.469 e. The number of ether oxygens (including phenoxy) is 1. The summed E-state index contributed by atoms with van der Waals surface area (Å²) in [5.74, 6) is 0.0574. The third-order valence-corrected chi connectivity index (χ3v) is 10.0. The zero-order valence-corrected chi connectivity index (χ0v) is 26.2. The van der Waals surface area contributed by atoms with Crippen molar-refractivity contribution in [2.24, 2.45) is 17.8 Å². The lowest BCUT2D eigenvalue weighted by Gasteiger charge is -2.28. The number of aliphatic hydroxyl groups excluding tert-OH is 1. The molecule has 0 saturated carbocycles. The molecule has 0 fully saturated rings. The lowest BCUT2D eigenvalue weighted by Crippen LogP contribution is -2.41. The molecular weight excluding hydrogens is 576 g/mol. The lowest BCUT2D eigenvalue weighted by atomic mass is 9.72. The summed E-state index contributed by atoms with van der Waals surface area (Å²) in [6.07, 6.45) is -1.40. The number of aryl methyl sites for hydroxylation is 1. The molecule has 9 nitrogen and oxygen atoms in total. The number of carbonyl (C=O) groups is 2. The molecular formula is C34H36N4O5S. The number of hydrogen-bond acceptors (Lipinski definition) is 9. The minimum atomic E-state index is -1.14. The van der Waals surface area contributed by atoms with Crippen LogP contribution in [0.15, 0.2) is 52.3 Å². The third-order valence-electron chi connectivity index (χ3n) is 9.06. The van der Waals surface area contributed by atoms with Crippen molar-refractivity contribution >= 4 is 28.7 Å². The smallest absolute Gasteiger partial charge is 0.224 e. The topological polar surface area (TPSA) is 127 Å². The van der Waals surface area contributed by atoms with Gasteiger partial charge in [0.15, 0.2) is 17.8 Å². The number of nitrogens with one attached hydrogen (secondary N) is 2. The maximum atomic E-state index is 14.0. The number of rotatable bonds is 6. The summed E-state index contributed by atoms with van der Waals surface area (Å²) in [5, 5.41) is 20.0. The van der Waals surface area contributed by atoms with Crippen LogP contribution in [-0.2, 0) is 21.4 Å². The number of para-hydroxylation sites is 1. The van der Waals surface area contributed by atoms with Crippen LogP contribution >= 0.6 is 11.3 Å². The molecule has 4 aromatic rings. The number of carbonyl (C=O) groups excluding carboxylic acids is 2. The first-order valence-electron chi connectivity index (χ1n) is 15.2. The van der Waals surface area contributed by atoms with Gasteiger partial charge in [0.05, 0.1) is 0 Å². The molecule has 0 saturated heterocycles. The minimum Gasteiger partial charge on any atom is -0.469 e. The van der Waals surface area contributed by atoms with Gasteiger partial charge in [0.2, 0.25) is 11.8 Å². The molecule has 1 spiro atoms. The fourth-order valence-corrected chi connectivity index (χ4v) is 7.54. The van der Waals surface area contributed by atoms with Gasteiger partial charge in [-0.05, 0) is 48.4 Å².